The monoisotopic (exact) mass is 354 g/mol. The first kappa shape index (κ1) is 17.8. The molecule has 26 heavy (non-hydrogen) atoms. The molecule has 3 rings (SSSR count). The van der Waals surface area contributed by atoms with Gasteiger partial charge in [0.2, 0.25) is 0 Å². The number of hydrogen-bond donors (Lipinski definition) is 2. The van der Waals surface area contributed by atoms with E-state index >= 15 is 0 Å². The average molecular weight is 354 g/mol. The lowest BCUT2D eigenvalue weighted by atomic mass is 10.1. The standard InChI is InChI=1S/C20H22N2O4/c1-12-6-5-7-13(2)18(12)25-11-17(23)21-14-8-9-16-15(10-14)22-19(24)20(3,4)26-16/h5-10H,11H2,1-4H3,(H,21,23)(H,22,24). The Balaban J connectivity index is 1.65. The Morgan fingerprint density at radius 2 is 1.88 bits per heavy atom. The highest BCUT2D eigenvalue weighted by atomic mass is 16.5. The lowest BCUT2D eigenvalue weighted by molar-refractivity contribution is -0.129. The molecule has 0 radical (unpaired) electrons. The average Bonchev–Trinajstić information content (AvgIpc) is 2.55. The van der Waals surface area contributed by atoms with Crippen LogP contribution in [0.2, 0.25) is 0 Å². The van der Waals surface area contributed by atoms with Crippen LogP contribution in [0.3, 0.4) is 0 Å². The first-order chi connectivity index (χ1) is 12.3. The molecule has 6 nitrogen and oxygen atoms in total. The van der Waals surface area contributed by atoms with Gasteiger partial charge in [-0.3, -0.25) is 9.59 Å². The van der Waals surface area contributed by atoms with E-state index < -0.39 is 5.60 Å². The molecule has 2 aromatic rings. The van der Waals surface area contributed by atoms with Gasteiger partial charge in [0.15, 0.2) is 12.2 Å². The van der Waals surface area contributed by atoms with Crippen molar-refractivity contribution in [3.8, 4) is 11.5 Å². The quantitative estimate of drug-likeness (QED) is 0.882. The second-order valence-electron chi connectivity index (χ2n) is 6.84. The van der Waals surface area contributed by atoms with Gasteiger partial charge >= 0.3 is 0 Å². The maximum atomic E-state index is 12.2. The van der Waals surface area contributed by atoms with E-state index in [4.69, 9.17) is 9.47 Å². The Bertz CT molecular complexity index is 854. The Kier molecular flexibility index (Phi) is 4.59. The van der Waals surface area contributed by atoms with Gasteiger partial charge in [0.25, 0.3) is 11.8 Å². The summed E-state index contributed by atoms with van der Waals surface area (Å²) in [5.74, 6) is 0.776. The zero-order valence-electron chi connectivity index (χ0n) is 15.3. The van der Waals surface area contributed by atoms with Crippen LogP contribution in [0.1, 0.15) is 25.0 Å². The van der Waals surface area contributed by atoms with Crippen molar-refractivity contribution >= 4 is 23.2 Å². The van der Waals surface area contributed by atoms with Gasteiger partial charge in [0, 0.05) is 5.69 Å². The minimum Gasteiger partial charge on any atom is -0.483 e. The molecule has 0 saturated heterocycles. The topological polar surface area (TPSA) is 76.7 Å². The SMILES string of the molecule is Cc1cccc(C)c1OCC(=O)Nc1ccc2c(c1)NC(=O)C(C)(C)O2. The molecule has 6 heteroatoms. The molecular formula is C20H22N2O4. The highest BCUT2D eigenvalue weighted by Crippen LogP contribution is 2.35. The van der Waals surface area contributed by atoms with Gasteiger partial charge in [-0.05, 0) is 57.0 Å². The summed E-state index contributed by atoms with van der Waals surface area (Å²) in [7, 11) is 0. The molecule has 1 aliphatic rings. The third-order valence-corrected chi connectivity index (χ3v) is 4.18. The van der Waals surface area contributed by atoms with Gasteiger partial charge in [0.05, 0.1) is 5.69 Å². The zero-order valence-corrected chi connectivity index (χ0v) is 15.3. The molecular weight excluding hydrogens is 332 g/mol. The fourth-order valence-corrected chi connectivity index (χ4v) is 2.75. The van der Waals surface area contributed by atoms with Crippen molar-refractivity contribution in [2.45, 2.75) is 33.3 Å². The summed E-state index contributed by atoms with van der Waals surface area (Å²) < 4.78 is 11.3. The van der Waals surface area contributed by atoms with E-state index in [0.717, 1.165) is 16.9 Å². The second kappa shape index (κ2) is 6.71. The highest BCUT2D eigenvalue weighted by Gasteiger charge is 2.35. The summed E-state index contributed by atoms with van der Waals surface area (Å²) >= 11 is 0. The van der Waals surface area contributed by atoms with Crippen molar-refractivity contribution < 1.29 is 19.1 Å². The molecule has 0 saturated carbocycles. The predicted octanol–water partition coefficient (Wildman–Crippen LogP) is 3.43. The minimum absolute atomic E-state index is 0.0985. The number of carbonyl (C=O) groups is 2. The lowest BCUT2D eigenvalue weighted by Crippen LogP contribution is -2.45. The molecule has 0 aromatic heterocycles. The van der Waals surface area contributed by atoms with Gasteiger partial charge in [0.1, 0.15) is 11.5 Å². The molecule has 1 heterocycles. The number of benzene rings is 2. The molecule has 2 N–H and O–H groups in total. The molecule has 136 valence electrons. The lowest BCUT2D eigenvalue weighted by Gasteiger charge is -2.31. The normalized spacial score (nSPS) is 14.7. The Morgan fingerprint density at radius 3 is 2.58 bits per heavy atom. The van der Waals surface area contributed by atoms with Crippen LogP contribution >= 0.6 is 0 Å². The van der Waals surface area contributed by atoms with Gasteiger partial charge in [-0.1, -0.05) is 18.2 Å². The molecule has 2 aromatic carbocycles. The van der Waals surface area contributed by atoms with Crippen LogP contribution in [-0.2, 0) is 9.59 Å². The van der Waals surface area contributed by atoms with Crippen LogP contribution in [0.25, 0.3) is 0 Å². The second-order valence-corrected chi connectivity index (χ2v) is 6.84. The van der Waals surface area contributed by atoms with E-state index in [-0.39, 0.29) is 18.4 Å². The van der Waals surface area contributed by atoms with Gasteiger partial charge in [-0.15, -0.1) is 0 Å². The molecule has 0 spiro atoms. The maximum absolute atomic E-state index is 12.2. The van der Waals surface area contributed by atoms with Crippen molar-refractivity contribution in [3.05, 3.63) is 47.5 Å². The molecule has 0 atom stereocenters. The van der Waals surface area contributed by atoms with Crippen molar-refractivity contribution in [2.24, 2.45) is 0 Å². The molecule has 0 bridgehead atoms. The minimum atomic E-state index is -0.920. The van der Waals surface area contributed by atoms with Crippen LogP contribution < -0.4 is 20.1 Å². The molecule has 0 unspecified atom stereocenters. The predicted molar refractivity (Wildman–Crippen MR) is 99.8 cm³/mol. The molecule has 0 aliphatic carbocycles. The van der Waals surface area contributed by atoms with E-state index in [1.54, 1.807) is 32.0 Å². The highest BCUT2D eigenvalue weighted by molar-refractivity contribution is 6.01. The van der Waals surface area contributed by atoms with Crippen LogP contribution in [0.5, 0.6) is 11.5 Å². The van der Waals surface area contributed by atoms with Crippen molar-refractivity contribution in [2.75, 3.05) is 17.2 Å². The largest absolute Gasteiger partial charge is 0.483 e. The van der Waals surface area contributed by atoms with E-state index in [1.807, 2.05) is 32.0 Å². The number of fused-ring (bicyclic) bond motifs is 1. The summed E-state index contributed by atoms with van der Waals surface area (Å²) in [6.07, 6.45) is 0. The number of ether oxygens (including phenoxy) is 2. The number of carbonyl (C=O) groups excluding carboxylic acids is 2. The summed E-state index contributed by atoms with van der Waals surface area (Å²) in [6, 6.07) is 10.9. The number of nitrogens with one attached hydrogen (secondary N) is 2. The number of rotatable bonds is 4. The molecule has 0 fully saturated rings. The van der Waals surface area contributed by atoms with Crippen LogP contribution in [0.4, 0.5) is 11.4 Å². The summed E-state index contributed by atoms with van der Waals surface area (Å²) in [5, 5.41) is 5.56. The van der Waals surface area contributed by atoms with Gasteiger partial charge in [-0.25, -0.2) is 0 Å². The zero-order chi connectivity index (χ0) is 18.9. The number of amides is 2. The van der Waals surface area contributed by atoms with Crippen LogP contribution in [-0.4, -0.2) is 24.0 Å². The fraction of sp³-hybridized carbons (Fsp3) is 0.300. The Hall–Kier alpha value is -3.02. The fourth-order valence-electron chi connectivity index (χ4n) is 2.75. The van der Waals surface area contributed by atoms with Crippen LogP contribution in [0.15, 0.2) is 36.4 Å². The van der Waals surface area contributed by atoms with Gasteiger partial charge in [-0.2, -0.15) is 0 Å². The first-order valence-electron chi connectivity index (χ1n) is 8.39. The summed E-state index contributed by atoms with van der Waals surface area (Å²) in [4.78, 5) is 24.2. The summed E-state index contributed by atoms with van der Waals surface area (Å²) in [6.45, 7) is 7.18. The number of aryl methyl sites for hydroxylation is 2. The van der Waals surface area contributed by atoms with E-state index in [2.05, 4.69) is 10.6 Å². The van der Waals surface area contributed by atoms with E-state index in [9.17, 15) is 9.59 Å². The van der Waals surface area contributed by atoms with E-state index in [0.29, 0.717) is 17.1 Å². The number of para-hydroxylation sites is 1. The molecule has 2 amide bonds. The third-order valence-electron chi connectivity index (χ3n) is 4.18. The van der Waals surface area contributed by atoms with Gasteiger partial charge < -0.3 is 20.1 Å². The van der Waals surface area contributed by atoms with Crippen molar-refractivity contribution in [3.63, 3.8) is 0 Å². The number of hydrogen-bond acceptors (Lipinski definition) is 4. The summed E-state index contributed by atoms with van der Waals surface area (Å²) in [5.41, 5.74) is 2.13. The molecule has 1 aliphatic heterocycles. The van der Waals surface area contributed by atoms with Crippen LogP contribution in [0, 0.1) is 13.8 Å². The third kappa shape index (κ3) is 3.64. The number of anilines is 2. The first-order valence-corrected chi connectivity index (χ1v) is 8.39. The maximum Gasteiger partial charge on any atom is 0.268 e. The van der Waals surface area contributed by atoms with E-state index in [1.165, 1.54) is 0 Å². The Labute approximate surface area is 152 Å². The van der Waals surface area contributed by atoms with Crippen molar-refractivity contribution in [1.82, 2.24) is 0 Å². The van der Waals surface area contributed by atoms with Crippen molar-refractivity contribution in [1.29, 1.82) is 0 Å². The Morgan fingerprint density at radius 1 is 1.19 bits per heavy atom. The smallest absolute Gasteiger partial charge is 0.268 e.